The van der Waals surface area contributed by atoms with E-state index in [4.69, 9.17) is 4.42 Å². The Balaban J connectivity index is 1.77. The van der Waals surface area contributed by atoms with E-state index in [0.29, 0.717) is 31.7 Å². The number of para-hydroxylation sites is 1. The fourth-order valence-corrected chi connectivity index (χ4v) is 2.70. The lowest BCUT2D eigenvalue weighted by atomic mass is 10.0. The molecule has 0 saturated carbocycles. The van der Waals surface area contributed by atoms with Gasteiger partial charge in [-0.1, -0.05) is 18.2 Å². The van der Waals surface area contributed by atoms with Crippen molar-refractivity contribution < 1.29 is 14.3 Å². The second-order valence-electron chi connectivity index (χ2n) is 5.46. The average molecular weight is 273 g/mol. The van der Waals surface area contributed by atoms with Gasteiger partial charge in [-0.25, -0.2) is 0 Å². The molecule has 1 atom stereocenters. The molecule has 3 rings (SSSR count). The number of aliphatic hydroxyl groups excluding tert-OH is 1. The van der Waals surface area contributed by atoms with Crippen LogP contribution < -0.4 is 0 Å². The summed E-state index contributed by atoms with van der Waals surface area (Å²) in [7, 11) is 0. The molecule has 1 amide bonds. The molecule has 1 saturated heterocycles. The molecule has 1 aromatic carbocycles. The zero-order valence-corrected chi connectivity index (χ0v) is 11.6. The molecule has 1 aliphatic heterocycles. The first kappa shape index (κ1) is 13.2. The molecule has 1 fully saturated rings. The number of rotatable bonds is 2. The molecule has 0 bridgehead atoms. The molecule has 20 heavy (non-hydrogen) atoms. The summed E-state index contributed by atoms with van der Waals surface area (Å²) in [5.41, 5.74) is 0.816. The van der Waals surface area contributed by atoms with E-state index in [1.54, 1.807) is 0 Å². The maximum absolute atomic E-state index is 12.5. The van der Waals surface area contributed by atoms with E-state index in [1.807, 2.05) is 42.2 Å². The van der Waals surface area contributed by atoms with Gasteiger partial charge in [-0.15, -0.1) is 0 Å². The normalized spacial score (nSPS) is 18.4. The van der Waals surface area contributed by atoms with Crippen molar-refractivity contribution in [3.63, 3.8) is 0 Å². The minimum atomic E-state index is -0.280. The number of furan rings is 1. The van der Waals surface area contributed by atoms with Crippen LogP contribution in [-0.4, -0.2) is 35.1 Å². The quantitative estimate of drug-likeness (QED) is 0.914. The number of hydrogen-bond acceptors (Lipinski definition) is 3. The highest BCUT2D eigenvalue weighted by Gasteiger charge is 2.27. The van der Waals surface area contributed by atoms with Crippen molar-refractivity contribution in [2.45, 2.75) is 31.8 Å². The minimum Gasteiger partial charge on any atom is -0.460 e. The molecule has 4 heteroatoms. The molecule has 0 aliphatic carbocycles. The maximum atomic E-state index is 12.5. The summed E-state index contributed by atoms with van der Waals surface area (Å²) in [6, 6.07) is 9.72. The topological polar surface area (TPSA) is 53.7 Å². The maximum Gasteiger partial charge on any atom is 0.233 e. The Morgan fingerprint density at radius 2 is 2.05 bits per heavy atom. The van der Waals surface area contributed by atoms with Crippen molar-refractivity contribution in [2.24, 2.45) is 0 Å². The van der Waals surface area contributed by atoms with Crippen LogP contribution >= 0.6 is 0 Å². The predicted molar refractivity (Wildman–Crippen MR) is 76.4 cm³/mol. The van der Waals surface area contributed by atoms with E-state index in [1.165, 1.54) is 0 Å². The van der Waals surface area contributed by atoms with Gasteiger partial charge in [-0.2, -0.15) is 0 Å². The van der Waals surface area contributed by atoms with Crippen molar-refractivity contribution in [2.75, 3.05) is 13.1 Å². The lowest BCUT2D eigenvalue weighted by Crippen LogP contribution is -2.41. The van der Waals surface area contributed by atoms with Crippen LogP contribution in [0.15, 0.2) is 34.7 Å². The Kier molecular flexibility index (Phi) is 3.49. The SMILES string of the molecule is CC(C(=O)N1CCC(O)CC1)c1cc2ccccc2o1. The number of nitrogens with zero attached hydrogens (tertiary/aromatic N) is 1. The number of hydrogen-bond donors (Lipinski definition) is 1. The summed E-state index contributed by atoms with van der Waals surface area (Å²) in [6.07, 6.45) is 1.07. The largest absolute Gasteiger partial charge is 0.460 e. The van der Waals surface area contributed by atoms with Gasteiger partial charge in [-0.05, 0) is 31.9 Å². The van der Waals surface area contributed by atoms with Crippen LogP contribution in [0.5, 0.6) is 0 Å². The Labute approximate surface area is 118 Å². The van der Waals surface area contributed by atoms with Gasteiger partial charge in [-0.3, -0.25) is 4.79 Å². The fourth-order valence-electron chi connectivity index (χ4n) is 2.70. The summed E-state index contributed by atoms with van der Waals surface area (Å²) in [5, 5.41) is 10.5. The molecule has 0 radical (unpaired) electrons. The highest BCUT2D eigenvalue weighted by molar-refractivity contribution is 5.85. The lowest BCUT2D eigenvalue weighted by Gasteiger charge is -2.31. The average Bonchev–Trinajstić information content (AvgIpc) is 2.90. The third kappa shape index (κ3) is 2.43. The molecule has 2 heterocycles. The molecule has 1 aliphatic rings. The Hall–Kier alpha value is -1.81. The van der Waals surface area contributed by atoms with Crippen LogP contribution in [0.3, 0.4) is 0 Å². The third-order valence-electron chi connectivity index (χ3n) is 4.02. The Morgan fingerprint density at radius 1 is 1.35 bits per heavy atom. The second-order valence-corrected chi connectivity index (χ2v) is 5.46. The van der Waals surface area contributed by atoms with E-state index in [0.717, 1.165) is 11.0 Å². The number of fused-ring (bicyclic) bond motifs is 1. The van der Waals surface area contributed by atoms with Crippen LogP contribution in [-0.2, 0) is 4.79 Å². The molecule has 4 nitrogen and oxygen atoms in total. The minimum absolute atomic E-state index is 0.0796. The fraction of sp³-hybridized carbons (Fsp3) is 0.438. The highest BCUT2D eigenvalue weighted by atomic mass is 16.3. The number of benzene rings is 1. The van der Waals surface area contributed by atoms with Gasteiger partial charge in [0, 0.05) is 18.5 Å². The van der Waals surface area contributed by atoms with E-state index >= 15 is 0 Å². The molecule has 1 N–H and O–H groups in total. The Morgan fingerprint density at radius 3 is 2.75 bits per heavy atom. The van der Waals surface area contributed by atoms with Gasteiger partial charge < -0.3 is 14.4 Å². The molecular formula is C16H19NO3. The monoisotopic (exact) mass is 273 g/mol. The lowest BCUT2D eigenvalue weighted by molar-refractivity contribution is -0.134. The first-order valence-corrected chi connectivity index (χ1v) is 7.10. The first-order chi connectivity index (χ1) is 9.65. The van der Waals surface area contributed by atoms with Crippen molar-refractivity contribution in [3.05, 3.63) is 36.1 Å². The number of amides is 1. The number of likely N-dealkylation sites (tertiary alicyclic amines) is 1. The summed E-state index contributed by atoms with van der Waals surface area (Å²) >= 11 is 0. The van der Waals surface area contributed by atoms with E-state index < -0.39 is 0 Å². The number of piperidine rings is 1. The van der Waals surface area contributed by atoms with Gasteiger partial charge in [0.25, 0.3) is 0 Å². The summed E-state index contributed by atoms with van der Waals surface area (Å²) in [4.78, 5) is 14.3. The molecule has 1 aromatic heterocycles. The summed E-state index contributed by atoms with van der Waals surface area (Å²) in [6.45, 7) is 3.14. The standard InChI is InChI=1S/C16H19NO3/c1-11(16(19)17-8-6-13(18)7-9-17)15-10-12-4-2-3-5-14(12)20-15/h2-5,10-11,13,18H,6-9H2,1H3. The zero-order valence-electron chi connectivity index (χ0n) is 11.6. The summed E-state index contributed by atoms with van der Waals surface area (Å²) < 4.78 is 5.77. The van der Waals surface area contributed by atoms with Gasteiger partial charge in [0.2, 0.25) is 5.91 Å². The van der Waals surface area contributed by atoms with Crippen molar-refractivity contribution in [3.8, 4) is 0 Å². The van der Waals surface area contributed by atoms with Gasteiger partial charge in [0.15, 0.2) is 0 Å². The van der Waals surface area contributed by atoms with Gasteiger partial charge in [0.1, 0.15) is 11.3 Å². The molecule has 106 valence electrons. The predicted octanol–water partition coefficient (Wildman–Crippen LogP) is 2.52. The van der Waals surface area contributed by atoms with Gasteiger partial charge in [0.05, 0.1) is 12.0 Å². The zero-order chi connectivity index (χ0) is 14.1. The van der Waals surface area contributed by atoms with Crippen molar-refractivity contribution in [1.82, 2.24) is 4.90 Å². The van der Waals surface area contributed by atoms with Crippen molar-refractivity contribution in [1.29, 1.82) is 0 Å². The van der Waals surface area contributed by atoms with E-state index in [2.05, 4.69) is 0 Å². The number of carbonyl (C=O) groups is 1. The van der Waals surface area contributed by atoms with Crippen molar-refractivity contribution >= 4 is 16.9 Å². The van der Waals surface area contributed by atoms with E-state index in [-0.39, 0.29) is 17.9 Å². The third-order valence-corrected chi connectivity index (χ3v) is 4.02. The molecule has 1 unspecified atom stereocenters. The Bertz CT molecular complexity index is 578. The molecular weight excluding hydrogens is 254 g/mol. The number of aliphatic hydroxyl groups is 1. The van der Waals surface area contributed by atoms with Crippen LogP contribution in [0.2, 0.25) is 0 Å². The summed E-state index contributed by atoms with van der Waals surface area (Å²) in [5.74, 6) is 0.510. The van der Waals surface area contributed by atoms with Crippen LogP contribution in [0.1, 0.15) is 31.4 Å². The van der Waals surface area contributed by atoms with Crippen LogP contribution in [0.25, 0.3) is 11.0 Å². The van der Waals surface area contributed by atoms with Gasteiger partial charge >= 0.3 is 0 Å². The highest BCUT2D eigenvalue weighted by Crippen LogP contribution is 2.27. The van der Waals surface area contributed by atoms with Crippen LogP contribution in [0, 0.1) is 0 Å². The smallest absolute Gasteiger partial charge is 0.233 e. The first-order valence-electron chi connectivity index (χ1n) is 7.10. The van der Waals surface area contributed by atoms with Crippen LogP contribution in [0.4, 0.5) is 0 Å². The molecule has 0 spiro atoms. The molecule has 2 aromatic rings. The number of carbonyl (C=O) groups excluding carboxylic acids is 1. The van der Waals surface area contributed by atoms with E-state index in [9.17, 15) is 9.90 Å². The second kappa shape index (κ2) is 5.29.